The molecule has 1 saturated heterocycles. The number of esters is 1. The zero-order valence-electron chi connectivity index (χ0n) is 12.5. The molecule has 0 aromatic heterocycles. The molecule has 1 fully saturated rings. The van der Waals surface area contributed by atoms with Crippen molar-refractivity contribution in [2.24, 2.45) is 0 Å². The molecular formula is C13H22NO5Si. The second kappa shape index (κ2) is 6.87. The highest BCUT2D eigenvalue weighted by Gasteiger charge is 2.39. The molecule has 1 rings (SSSR count). The van der Waals surface area contributed by atoms with E-state index in [1.165, 1.54) is 4.57 Å². The average Bonchev–Trinajstić information content (AvgIpc) is 2.75. The number of hydrogen-bond acceptors (Lipinski definition) is 5. The Labute approximate surface area is 121 Å². The molecule has 7 heteroatoms. The van der Waals surface area contributed by atoms with Crippen LogP contribution in [0.1, 0.15) is 40.5 Å². The first-order chi connectivity index (χ1) is 9.24. The molecule has 0 unspecified atom stereocenters. The third-order valence-electron chi connectivity index (χ3n) is 2.67. The maximum Gasteiger partial charge on any atom is 0.402 e. The van der Waals surface area contributed by atoms with Crippen molar-refractivity contribution in [3.8, 4) is 0 Å². The minimum atomic E-state index is -1.69. The number of ether oxygens (including phenoxy) is 2. The van der Waals surface area contributed by atoms with Crippen LogP contribution in [0.2, 0.25) is 6.04 Å². The molecule has 0 aromatic carbocycles. The SMILES string of the molecule is CCOC(=O)CC(=O)[Si]1CCCN1C(=O)OC(C)(C)C. The molecule has 1 amide bonds. The summed E-state index contributed by atoms with van der Waals surface area (Å²) in [6.45, 7) is 7.83. The van der Waals surface area contributed by atoms with E-state index >= 15 is 0 Å². The molecule has 6 nitrogen and oxygen atoms in total. The number of amides is 1. The molecule has 0 atom stereocenters. The lowest BCUT2D eigenvalue weighted by Gasteiger charge is -2.27. The van der Waals surface area contributed by atoms with Gasteiger partial charge in [0.1, 0.15) is 17.4 Å². The first-order valence-electron chi connectivity index (χ1n) is 6.79. The molecule has 0 aliphatic carbocycles. The highest BCUT2D eigenvalue weighted by molar-refractivity contribution is 6.90. The molecule has 0 aromatic rings. The van der Waals surface area contributed by atoms with Crippen molar-refractivity contribution in [2.45, 2.75) is 52.2 Å². The molecular weight excluding hydrogens is 278 g/mol. The van der Waals surface area contributed by atoms with Gasteiger partial charge < -0.3 is 18.8 Å². The number of nitrogens with zero attached hydrogens (tertiary/aromatic N) is 1. The van der Waals surface area contributed by atoms with Gasteiger partial charge in [-0.25, -0.2) is 4.79 Å². The molecule has 1 aliphatic heterocycles. The van der Waals surface area contributed by atoms with Gasteiger partial charge in [-0.2, -0.15) is 0 Å². The zero-order chi connectivity index (χ0) is 15.3. The summed E-state index contributed by atoms with van der Waals surface area (Å²) in [7, 11) is -1.69. The quantitative estimate of drug-likeness (QED) is 0.449. The molecule has 0 N–H and O–H groups in total. The van der Waals surface area contributed by atoms with Gasteiger partial charge in [-0.05, 0) is 40.2 Å². The average molecular weight is 300 g/mol. The van der Waals surface area contributed by atoms with E-state index in [0.717, 1.165) is 6.42 Å². The Morgan fingerprint density at radius 2 is 1.90 bits per heavy atom. The van der Waals surface area contributed by atoms with Gasteiger partial charge in [0.05, 0.1) is 6.61 Å². The molecule has 1 aliphatic rings. The van der Waals surface area contributed by atoms with Crippen LogP contribution in [0.25, 0.3) is 0 Å². The third-order valence-corrected chi connectivity index (χ3v) is 5.37. The Bertz CT molecular complexity index is 391. The summed E-state index contributed by atoms with van der Waals surface area (Å²) in [4.78, 5) is 35.5. The number of carbonyl (C=O) groups excluding carboxylic acids is 3. The second-order valence-corrected chi connectivity index (χ2v) is 8.08. The van der Waals surface area contributed by atoms with Gasteiger partial charge in [-0.1, -0.05) is 0 Å². The lowest BCUT2D eigenvalue weighted by Crippen LogP contribution is -2.47. The van der Waals surface area contributed by atoms with Crippen LogP contribution in [0.15, 0.2) is 0 Å². The highest BCUT2D eigenvalue weighted by atomic mass is 28.3. The van der Waals surface area contributed by atoms with Gasteiger partial charge in [-0.15, -0.1) is 0 Å². The molecule has 1 heterocycles. The third kappa shape index (κ3) is 4.95. The van der Waals surface area contributed by atoms with E-state index in [2.05, 4.69) is 0 Å². The minimum Gasteiger partial charge on any atom is -0.466 e. The smallest absolute Gasteiger partial charge is 0.402 e. The van der Waals surface area contributed by atoms with E-state index < -0.39 is 26.6 Å². The maximum atomic E-state index is 12.1. The lowest BCUT2D eigenvalue weighted by atomic mass is 10.2. The van der Waals surface area contributed by atoms with E-state index in [9.17, 15) is 14.4 Å². The van der Waals surface area contributed by atoms with E-state index in [4.69, 9.17) is 9.47 Å². The summed E-state index contributed by atoms with van der Waals surface area (Å²) in [6, 6.07) is 0.669. The summed E-state index contributed by atoms with van der Waals surface area (Å²) in [5.74, 6) is -0.522. The van der Waals surface area contributed by atoms with Crippen molar-refractivity contribution < 1.29 is 23.9 Å². The fraction of sp³-hybridized carbons (Fsp3) is 0.769. The van der Waals surface area contributed by atoms with E-state index in [1.807, 2.05) is 0 Å². The predicted molar refractivity (Wildman–Crippen MR) is 74.4 cm³/mol. The van der Waals surface area contributed by atoms with E-state index in [0.29, 0.717) is 12.6 Å². The van der Waals surface area contributed by atoms with Crippen LogP contribution in [-0.4, -0.2) is 49.7 Å². The van der Waals surface area contributed by atoms with Crippen LogP contribution in [0.3, 0.4) is 0 Å². The first-order valence-corrected chi connectivity index (χ1v) is 8.45. The zero-order valence-corrected chi connectivity index (χ0v) is 13.5. The van der Waals surface area contributed by atoms with Gasteiger partial charge in [0, 0.05) is 6.54 Å². The fourth-order valence-corrected chi connectivity index (χ4v) is 4.31. The Kier molecular flexibility index (Phi) is 5.73. The number of carbonyl (C=O) groups is 3. The summed E-state index contributed by atoms with van der Waals surface area (Å²) >= 11 is 0. The number of hydrogen-bond donors (Lipinski definition) is 0. The topological polar surface area (TPSA) is 72.9 Å². The van der Waals surface area contributed by atoms with E-state index in [-0.39, 0.29) is 18.4 Å². The van der Waals surface area contributed by atoms with Gasteiger partial charge in [0.25, 0.3) is 8.96 Å². The van der Waals surface area contributed by atoms with Crippen molar-refractivity contribution in [3.63, 3.8) is 0 Å². The molecule has 0 spiro atoms. The Hall–Kier alpha value is -1.37. The van der Waals surface area contributed by atoms with Gasteiger partial charge in [0.15, 0.2) is 0 Å². The van der Waals surface area contributed by atoms with Crippen molar-refractivity contribution in [1.82, 2.24) is 4.57 Å². The fourth-order valence-electron chi connectivity index (χ4n) is 1.93. The van der Waals surface area contributed by atoms with Crippen molar-refractivity contribution in [2.75, 3.05) is 13.2 Å². The minimum absolute atomic E-state index is 0.184. The molecule has 0 saturated carbocycles. The highest BCUT2D eigenvalue weighted by Crippen LogP contribution is 2.20. The summed E-state index contributed by atoms with van der Waals surface area (Å²) in [5, 5.41) is -0.184. The van der Waals surface area contributed by atoms with Gasteiger partial charge in [0.2, 0.25) is 0 Å². The largest absolute Gasteiger partial charge is 0.466 e. The van der Waals surface area contributed by atoms with Crippen LogP contribution < -0.4 is 0 Å². The van der Waals surface area contributed by atoms with Crippen molar-refractivity contribution in [1.29, 1.82) is 0 Å². The normalized spacial score (nSPS) is 16.1. The summed E-state index contributed by atoms with van der Waals surface area (Å²) in [5.41, 5.74) is -0.586. The van der Waals surface area contributed by atoms with Crippen LogP contribution in [0.5, 0.6) is 0 Å². The summed E-state index contributed by atoms with van der Waals surface area (Å²) in [6.07, 6.45) is 0.0740. The van der Waals surface area contributed by atoms with Crippen LogP contribution >= 0.6 is 0 Å². The number of rotatable bonds is 4. The van der Waals surface area contributed by atoms with E-state index in [1.54, 1.807) is 27.7 Å². The monoisotopic (exact) mass is 300 g/mol. The Morgan fingerprint density at radius 3 is 2.45 bits per heavy atom. The molecule has 113 valence electrons. The van der Waals surface area contributed by atoms with Crippen LogP contribution in [0.4, 0.5) is 4.79 Å². The van der Waals surface area contributed by atoms with Crippen molar-refractivity contribution >= 4 is 26.4 Å². The first kappa shape index (κ1) is 16.7. The van der Waals surface area contributed by atoms with Crippen molar-refractivity contribution in [3.05, 3.63) is 0 Å². The molecule has 1 radical (unpaired) electrons. The Morgan fingerprint density at radius 1 is 1.25 bits per heavy atom. The predicted octanol–water partition coefficient (Wildman–Crippen LogP) is 1.68. The standard InChI is InChI=1S/C13H22NO5Si/c1-5-18-10(15)9-11(16)20-8-6-7-14(20)12(17)19-13(2,3)4/h5-9H2,1-4H3. The lowest BCUT2D eigenvalue weighted by molar-refractivity contribution is -0.144. The van der Waals surface area contributed by atoms with Crippen LogP contribution in [0, 0.1) is 0 Å². The van der Waals surface area contributed by atoms with Gasteiger partial charge in [-0.3, -0.25) is 4.79 Å². The molecule has 0 bridgehead atoms. The Balaban J connectivity index is 2.62. The van der Waals surface area contributed by atoms with Crippen LogP contribution in [-0.2, 0) is 19.1 Å². The van der Waals surface area contributed by atoms with Gasteiger partial charge >= 0.3 is 12.1 Å². The second-order valence-electron chi connectivity index (χ2n) is 5.59. The molecule has 20 heavy (non-hydrogen) atoms. The maximum absolute atomic E-state index is 12.1. The summed E-state index contributed by atoms with van der Waals surface area (Å²) < 4.78 is 11.6.